The first kappa shape index (κ1) is 15.0. The molecular weight excluding hydrogens is 304 g/mol. The molecule has 1 amide bonds. The van der Waals surface area contributed by atoms with Crippen LogP contribution in [0.3, 0.4) is 0 Å². The summed E-state index contributed by atoms with van der Waals surface area (Å²) in [5.74, 6) is -3.34. The zero-order valence-electron chi connectivity index (χ0n) is 10.7. The summed E-state index contributed by atoms with van der Waals surface area (Å²) >= 11 is 1.34. The van der Waals surface area contributed by atoms with E-state index in [1.807, 2.05) is 0 Å². The molecule has 0 saturated carbocycles. The van der Waals surface area contributed by atoms with E-state index in [4.69, 9.17) is 0 Å². The number of aryl methyl sites for hydroxylation is 1. The van der Waals surface area contributed by atoms with Crippen LogP contribution in [0.2, 0.25) is 0 Å². The van der Waals surface area contributed by atoms with Gasteiger partial charge in [-0.3, -0.25) is 14.9 Å². The van der Waals surface area contributed by atoms with Crippen molar-refractivity contribution in [3.8, 4) is 0 Å². The van der Waals surface area contributed by atoms with E-state index < -0.39 is 33.7 Å². The van der Waals surface area contributed by atoms with Crippen molar-refractivity contribution in [2.75, 3.05) is 0 Å². The van der Waals surface area contributed by atoms with E-state index in [2.05, 4.69) is 10.3 Å². The second-order valence-electron chi connectivity index (χ2n) is 4.07. The van der Waals surface area contributed by atoms with Crippen LogP contribution in [0.5, 0.6) is 0 Å². The first-order valence-electron chi connectivity index (χ1n) is 5.71. The van der Waals surface area contributed by atoms with Gasteiger partial charge in [0, 0.05) is 11.1 Å². The average molecular weight is 313 g/mol. The summed E-state index contributed by atoms with van der Waals surface area (Å²) in [5.41, 5.74) is -1.78. The monoisotopic (exact) mass is 313 g/mol. The van der Waals surface area contributed by atoms with Crippen LogP contribution >= 0.6 is 11.3 Å². The van der Waals surface area contributed by atoms with E-state index >= 15 is 0 Å². The lowest BCUT2D eigenvalue weighted by atomic mass is 10.1. The number of amides is 1. The van der Waals surface area contributed by atoms with Gasteiger partial charge >= 0.3 is 5.69 Å². The van der Waals surface area contributed by atoms with Crippen LogP contribution in [-0.2, 0) is 6.54 Å². The van der Waals surface area contributed by atoms with Gasteiger partial charge in [0.25, 0.3) is 5.91 Å². The summed E-state index contributed by atoms with van der Waals surface area (Å²) in [6, 6.07) is 1.05. The van der Waals surface area contributed by atoms with Crippen LogP contribution in [0.25, 0.3) is 0 Å². The number of carbonyl (C=O) groups excluding carboxylic acids is 1. The molecule has 2 rings (SSSR count). The maximum absolute atomic E-state index is 13.8. The molecule has 1 aromatic carbocycles. The Bertz CT molecular complexity index is 718. The van der Waals surface area contributed by atoms with Crippen molar-refractivity contribution in [3.63, 3.8) is 0 Å². The molecule has 2 aromatic rings. The highest BCUT2D eigenvalue weighted by atomic mass is 32.1. The van der Waals surface area contributed by atoms with Crippen molar-refractivity contribution in [2.24, 2.45) is 0 Å². The topological polar surface area (TPSA) is 85.1 Å². The highest BCUT2D eigenvalue weighted by Gasteiger charge is 2.24. The normalized spacial score (nSPS) is 10.4. The SMILES string of the molecule is Cc1ncc(CNC(=O)c2cc(F)cc([N+](=O)[O-])c2F)s1. The molecule has 0 saturated heterocycles. The molecule has 0 radical (unpaired) electrons. The van der Waals surface area contributed by atoms with Crippen LogP contribution < -0.4 is 5.32 Å². The van der Waals surface area contributed by atoms with Crippen LogP contribution in [0.1, 0.15) is 20.2 Å². The number of nitrogens with zero attached hydrogens (tertiary/aromatic N) is 2. The first-order chi connectivity index (χ1) is 9.88. The number of nitrogens with one attached hydrogen (secondary N) is 1. The van der Waals surface area contributed by atoms with Crippen LogP contribution in [-0.4, -0.2) is 15.8 Å². The fraction of sp³-hybridized carbons (Fsp3) is 0.167. The molecule has 0 aliphatic carbocycles. The lowest BCUT2D eigenvalue weighted by Crippen LogP contribution is -2.24. The third-order valence-corrected chi connectivity index (χ3v) is 3.46. The third-order valence-electron chi connectivity index (χ3n) is 2.55. The number of rotatable bonds is 4. The highest BCUT2D eigenvalue weighted by molar-refractivity contribution is 7.11. The number of aromatic nitrogens is 1. The van der Waals surface area contributed by atoms with E-state index in [-0.39, 0.29) is 6.54 Å². The second kappa shape index (κ2) is 5.92. The van der Waals surface area contributed by atoms with Crippen molar-refractivity contribution in [3.05, 3.63) is 55.5 Å². The Morgan fingerprint density at radius 2 is 2.19 bits per heavy atom. The number of nitro groups is 1. The van der Waals surface area contributed by atoms with Gasteiger partial charge in [-0.1, -0.05) is 0 Å². The van der Waals surface area contributed by atoms with Gasteiger partial charge in [0.15, 0.2) is 0 Å². The van der Waals surface area contributed by atoms with Gasteiger partial charge in [0.05, 0.1) is 28.1 Å². The summed E-state index contributed by atoms with van der Waals surface area (Å²) in [6.45, 7) is 1.86. The van der Waals surface area contributed by atoms with Gasteiger partial charge in [-0.25, -0.2) is 9.37 Å². The predicted molar refractivity (Wildman–Crippen MR) is 71.0 cm³/mol. The zero-order valence-corrected chi connectivity index (χ0v) is 11.5. The third kappa shape index (κ3) is 3.37. The smallest absolute Gasteiger partial charge is 0.308 e. The molecule has 110 valence electrons. The average Bonchev–Trinajstić information content (AvgIpc) is 2.83. The number of carbonyl (C=O) groups is 1. The molecule has 9 heteroatoms. The van der Waals surface area contributed by atoms with Crippen LogP contribution in [0, 0.1) is 28.7 Å². The minimum Gasteiger partial charge on any atom is -0.347 e. The molecule has 0 atom stereocenters. The summed E-state index contributed by atoms with van der Waals surface area (Å²) in [4.78, 5) is 26.0. The zero-order chi connectivity index (χ0) is 15.6. The van der Waals surface area contributed by atoms with Gasteiger partial charge in [0.2, 0.25) is 5.82 Å². The Kier molecular flexibility index (Phi) is 4.22. The second-order valence-corrected chi connectivity index (χ2v) is 5.39. The molecule has 0 fully saturated rings. The maximum atomic E-state index is 13.8. The van der Waals surface area contributed by atoms with Gasteiger partial charge in [0.1, 0.15) is 5.82 Å². The standard InChI is InChI=1S/C12H9F2N3O3S/c1-6-15-4-8(21-6)5-16-12(18)9-2-7(13)3-10(11(9)14)17(19)20/h2-4H,5H2,1H3,(H,16,18). The summed E-state index contributed by atoms with van der Waals surface area (Å²) in [5, 5.41) is 13.8. The Labute approximate surface area is 121 Å². The summed E-state index contributed by atoms with van der Waals surface area (Å²) < 4.78 is 27.0. The molecule has 0 unspecified atom stereocenters. The minimum atomic E-state index is -1.36. The molecular formula is C12H9F2N3O3S. The van der Waals surface area contributed by atoms with Crippen LogP contribution in [0.4, 0.5) is 14.5 Å². The van der Waals surface area contributed by atoms with Gasteiger partial charge in [-0.15, -0.1) is 11.3 Å². The number of halogens is 2. The maximum Gasteiger partial charge on any atom is 0.308 e. The molecule has 0 bridgehead atoms. The molecule has 6 nitrogen and oxygen atoms in total. The Balaban J connectivity index is 2.21. The van der Waals surface area contributed by atoms with E-state index in [0.717, 1.165) is 9.88 Å². The fourth-order valence-electron chi connectivity index (χ4n) is 1.62. The van der Waals surface area contributed by atoms with Crippen molar-refractivity contribution in [2.45, 2.75) is 13.5 Å². The lowest BCUT2D eigenvalue weighted by Gasteiger charge is -2.05. The van der Waals surface area contributed by atoms with Crippen molar-refractivity contribution >= 4 is 22.9 Å². The van der Waals surface area contributed by atoms with E-state index in [1.165, 1.54) is 11.3 Å². The fourth-order valence-corrected chi connectivity index (χ4v) is 2.36. The lowest BCUT2D eigenvalue weighted by molar-refractivity contribution is -0.387. The number of hydrogen-bond acceptors (Lipinski definition) is 5. The van der Waals surface area contributed by atoms with Crippen molar-refractivity contribution in [1.29, 1.82) is 0 Å². The van der Waals surface area contributed by atoms with Crippen LogP contribution in [0.15, 0.2) is 18.3 Å². The number of hydrogen-bond donors (Lipinski definition) is 1. The molecule has 1 heterocycles. The van der Waals surface area contributed by atoms with Crippen molar-refractivity contribution < 1.29 is 18.5 Å². The van der Waals surface area contributed by atoms with Gasteiger partial charge < -0.3 is 5.32 Å². The molecule has 21 heavy (non-hydrogen) atoms. The number of thiazole rings is 1. The first-order valence-corrected chi connectivity index (χ1v) is 6.53. The van der Waals surface area contributed by atoms with E-state index in [9.17, 15) is 23.7 Å². The minimum absolute atomic E-state index is 0.0775. The van der Waals surface area contributed by atoms with Crippen molar-refractivity contribution in [1.82, 2.24) is 10.3 Å². The largest absolute Gasteiger partial charge is 0.347 e. The molecule has 0 aliphatic rings. The van der Waals surface area contributed by atoms with Gasteiger partial charge in [-0.05, 0) is 13.0 Å². The quantitative estimate of drug-likeness (QED) is 0.694. The Morgan fingerprint density at radius 1 is 1.48 bits per heavy atom. The summed E-state index contributed by atoms with van der Waals surface area (Å²) in [7, 11) is 0. The summed E-state index contributed by atoms with van der Waals surface area (Å²) in [6.07, 6.45) is 1.55. The highest BCUT2D eigenvalue weighted by Crippen LogP contribution is 2.22. The van der Waals surface area contributed by atoms with E-state index in [1.54, 1.807) is 13.1 Å². The molecule has 0 spiro atoms. The van der Waals surface area contributed by atoms with E-state index in [0.29, 0.717) is 12.1 Å². The Hall–Kier alpha value is -2.42. The molecule has 0 aliphatic heterocycles. The number of nitro benzene ring substituents is 1. The number of benzene rings is 1. The Morgan fingerprint density at radius 3 is 2.76 bits per heavy atom. The predicted octanol–water partition coefficient (Wildman–Crippen LogP) is 2.57. The van der Waals surface area contributed by atoms with Gasteiger partial charge in [-0.2, -0.15) is 4.39 Å². The molecule has 1 aromatic heterocycles. The molecule has 1 N–H and O–H groups in total.